The van der Waals surface area contributed by atoms with Crippen LogP contribution in [0.2, 0.25) is 0 Å². The molecule has 15 heavy (non-hydrogen) atoms. The lowest BCUT2D eigenvalue weighted by atomic mass is 10.0. The first kappa shape index (κ1) is 12.1. The van der Waals surface area contributed by atoms with Gasteiger partial charge in [0.1, 0.15) is 5.75 Å². The fourth-order valence-electron chi connectivity index (χ4n) is 1.68. The Hall–Kier alpha value is -1.02. The molecule has 1 aromatic rings. The average Bonchev–Trinajstić information content (AvgIpc) is 2.19. The van der Waals surface area contributed by atoms with E-state index in [0.717, 1.165) is 5.56 Å². The zero-order chi connectivity index (χ0) is 11.6. The Labute approximate surface area is 92.5 Å². The van der Waals surface area contributed by atoms with Gasteiger partial charge in [-0.25, -0.2) is 0 Å². The molecule has 0 fully saturated rings. The number of rotatable bonds is 3. The molecule has 1 N–H and O–H groups in total. The summed E-state index contributed by atoms with van der Waals surface area (Å²) in [7, 11) is 2.08. The molecule has 0 aliphatic carbocycles. The van der Waals surface area contributed by atoms with Crippen molar-refractivity contribution in [1.29, 1.82) is 0 Å². The van der Waals surface area contributed by atoms with Gasteiger partial charge in [0.2, 0.25) is 0 Å². The second-order valence-corrected chi connectivity index (χ2v) is 4.50. The highest BCUT2D eigenvalue weighted by molar-refractivity contribution is 5.37. The van der Waals surface area contributed by atoms with Gasteiger partial charge in [-0.15, -0.1) is 0 Å². The number of hydrogen-bond donors (Lipinski definition) is 1. The van der Waals surface area contributed by atoms with Crippen LogP contribution < -0.4 is 0 Å². The maximum Gasteiger partial charge on any atom is 0.120 e. The minimum absolute atomic E-state index is 0.241. The topological polar surface area (TPSA) is 23.5 Å². The van der Waals surface area contributed by atoms with Gasteiger partial charge < -0.3 is 5.11 Å². The fraction of sp³-hybridized carbons (Fsp3) is 0.538. The van der Waals surface area contributed by atoms with Crippen LogP contribution in [0.1, 0.15) is 37.9 Å². The Morgan fingerprint density at radius 1 is 1.20 bits per heavy atom. The standard InChI is InChI=1S/C13H21NO/c1-9(2)14(5)11(4)12-8-10(3)6-7-13(12)15/h6-9,11,15H,1-5H3. The normalized spacial score (nSPS) is 13.5. The van der Waals surface area contributed by atoms with Crippen LogP contribution in [0.25, 0.3) is 0 Å². The van der Waals surface area contributed by atoms with Crippen LogP contribution in [-0.4, -0.2) is 23.1 Å². The molecule has 0 spiro atoms. The first-order valence-corrected chi connectivity index (χ1v) is 5.45. The lowest BCUT2D eigenvalue weighted by Gasteiger charge is -2.29. The molecule has 1 unspecified atom stereocenters. The van der Waals surface area contributed by atoms with E-state index < -0.39 is 0 Å². The van der Waals surface area contributed by atoms with Crippen LogP contribution in [0.15, 0.2) is 18.2 Å². The summed E-state index contributed by atoms with van der Waals surface area (Å²) in [6.45, 7) is 8.48. The third-order valence-corrected chi connectivity index (χ3v) is 3.06. The minimum Gasteiger partial charge on any atom is -0.508 e. The highest BCUT2D eigenvalue weighted by Gasteiger charge is 2.17. The summed E-state index contributed by atoms with van der Waals surface area (Å²) in [6, 6.07) is 6.47. The molecule has 0 saturated carbocycles. The quantitative estimate of drug-likeness (QED) is 0.823. The lowest BCUT2D eigenvalue weighted by Crippen LogP contribution is -2.29. The van der Waals surface area contributed by atoms with E-state index in [0.29, 0.717) is 11.8 Å². The van der Waals surface area contributed by atoms with Crippen LogP contribution in [0.5, 0.6) is 5.75 Å². The highest BCUT2D eigenvalue weighted by atomic mass is 16.3. The minimum atomic E-state index is 0.241. The summed E-state index contributed by atoms with van der Waals surface area (Å²) >= 11 is 0. The predicted octanol–water partition coefficient (Wildman–Crippen LogP) is 3.10. The Kier molecular flexibility index (Phi) is 3.75. The third kappa shape index (κ3) is 2.72. The molecule has 0 aromatic heterocycles. The molecule has 0 bridgehead atoms. The highest BCUT2D eigenvalue weighted by Crippen LogP contribution is 2.29. The van der Waals surface area contributed by atoms with Gasteiger partial charge in [0.25, 0.3) is 0 Å². The van der Waals surface area contributed by atoms with Gasteiger partial charge in [0.15, 0.2) is 0 Å². The van der Waals surface area contributed by atoms with Crippen molar-refractivity contribution in [3.8, 4) is 5.75 Å². The SMILES string of the molecule is Cc1ccc(O)c(C(C)N(C)C(C)C)c1. The van der Waals surface area contributed by atoms with Crippen LogP contribution in [-0.2, 0) is 0 Å². The van der Waals surface area contributed by atoms with Crippen LogP contribution in [0.3, 0.4) is 0 Å². The van der Waals surface area contributed by atoms with E-state index >= 15 is 0 Å². The molecule has 1 aromatic carbocycles. The Morgan fingerprint density at radius 2 is 1.80 bits per heavy atom. The van der Waals surface area contributed by atoms with Gasteiger partial charge in [0, 0.05) is 17.6 Å². The molecule has 0 amide bonds. The van der Waals surface area contributed by atoms with Gasteiger partial charge in [-0.05, 0) is 40.8 Å². The third-order valence-electron chi connectivity index (χ3n) is 3.06. The molecule has 0 heterocycles. The molecule has 0 aliphatic heterocycles. The van der Waals surface area contributed by atoms with E-state index in [2.05, 4.69) is 38.8 Å². The van der Waals surface area contributed by atoms with Crippen molar-refractivity contribution < 1.29 is 5.11 Å². The summed E-state index contributed by atoms with van der Waals surface area (Å²) in [4.78, 5) is 2.24. The van der Waals surface area contributed by atoms with Crippen molar-refractivity contribution in [2.75, 3.05) is 7.05 Å². The van der Waals surface area contributed by atoms with Crippen LogP contribution >= 0.6 is 0 Å². The Bertz CT molecular complexity index is 333. The van der Waals surface area contributed by atoms with Gasteiger partial charge in [0.05, 0.1) is 0 Å². The van der Waals surface area contributed by atoms with Crippen molar-refractivity contribution in [3.05, 3.63) is 29.3 Å². The molecule has 1 atom stereocenters. The average molecular weight is 207 g/mol. The van der Waals surface area contributed by atoms with E-state index in [4.69, 9.17) is 0 Å². The summed E-state index contributed by atoms with van der Waals surface area (Å²) in [5.41, 5.74) is 2.19. The Balaban J connectivity index is 2.99. The number of phenolic OH excluding ortho intramolecular Hbond substituents is 1. The van der Waals surface area contributed by atoms with Crippen LogP contribution in [0, 0.1) is 6.92 Å². The molecule has 2 nitrogen and oxygen atoms in total. The number of benzene rings is 1. The summed E-state index contributed by atoms with van der Waals surface area (Å²) < 4.78 is 0. The first-order chi connectivity index (χ1) is 6.93. The van der Waals surface area contributed by atoms with E-state index in [1.807, 2.05) is 13.0 Å². The summed E-state index contributed by atoms with van der Waals surface area (Å²) in [5.74, 6) is 0.389. The molecular weight excluding hydrogens is 186 g/mol. The maximum atomic E-state index is 9.81. The monoisotopic (exact) mass is 207 g/mol. The molecule has 0 radical (unpaired) electrons. The lowest BCUT2D eigenvalue weighted by molar-refractivity contribution is 0.207. The largest absolute Gasteiger partial charge is 0.508 e. The smallest absolute Gasteiger partial charge is 0.120 e. The van der Waals surface area contributed by atoms with Crippen molar-refractivity contribution in [2.24, 2.45) is 0 Å². The molecular formula is C13H21NO. The van der Waals surface area contributed by atoms with Gasteiger partial charge in [-0.3, -0.25) is 4.90 Å². The molecule has 0 aliphatic rings. The number of aryl methyl sites for hydroxylation is 1. The second kappa shape index (κ2) is 4.67. The van der Waals surface area contributed by atoms with E-state index in [-0.39, 0.29) is 6.04 Å². The zero-order valence-electron chi connectivity index (χ0n) is 10.3. The van der Waals surface area contributed by atoms with Gasteiger partial charge in [-0.2, -0.15) is 0 Å². The first-order valence-electron chi connectivity index (χ1n) is 5.45. The van der Waals surface area contributed by atoms with Gasteiger partial charge >= 0.3 is 0 Å². The molecule has 0 saturated heterocycles. The van der Waals surface area contributed by atoms with Gasteiger partial charge in [-0.1, -0.05) is 17.7 Å². The van der Waals surface area contributed by atoms with E-state index in [1.165, 1.54) is 5.56 Å². The molecule has 1 rings (SSSR count). The number of nitrogens with zero attached hydrogens (tertiary/aromatic N) is 1. The number of aromatic hydroxyl groups is 1. The number of hydrogen-bond acceptors (Lipinski definition) is 2. The summed E-state index contributed by atoms with van der Waals surface area (Å²) in [5, 5.41) is 9.81. The van der Waals surface area contributed by atoms with Crippen molar-refractivity contribution in [1.82, 2.24) is 4.90 Å². The predicted molar refractivity (Wildman–Crippen MR) is 64.2 cm³/mol. The van der Waals surface area contributed by atoms with E-state index in [1.54, 1.807) is 6.07 Å². The van der Waals surface area contributed by atoms with Crippen molar-refractivity contribution >= 4 is 0 Å². The number of phenols is 1. The molecule has 2 heteroatoms. The summed E-state index contributed by atoms with van der Waals surface area (Å²) in [6.07, 6.45) is 0. The van der Waals surface area contributed by atoms with Crippen molar-refractivity contribution in [3.63, 3.8) is 0 Å². The zero-order valence-corrected chi connectivity index (χ0v) is 10.3. The fourth-order valence-corrected chi connectivity index (χ4v) is 1.68. The molecule has 84 valence electrons. The van der Waals surface area contributed by atoms with E-state index in [9.17, 15) is 5.11 Å². The van der Waals surface area contributed by atoms with Crippen LogP contribution in [0.4, 0.5) is 0 Å². The maximum absolute atomic E-state index is 9.81. The Morgan fingerprint density at radius 3 is 2.33 bits per heavy atom. The second-order valence-electron chi connectivity index (χ2n) is 4.50. The van der Waals surface area contributed by atoms with Crippen molar-refractivity contribution in [2.45, 2.75) is 39.8 Å².